The van der Waals surface area contributed by atoms with Crippen LogP contribution in [-0.2, 0) is 29.6 Å². The van der Waals surface area contributed by atoms with Crippen LogP contribution in [0.15, 0.2) is 52.4 Å². The molecule has 0 aromatic carbocycles. The summed E-state index contributed by atoms with van der Waals surface area (Å²) in [6.45, 7) is 1.79. The molecular weight excluding hydrogens is 356 g/mol. The highest BCUT2D eigenvalue weighted by atomic mass is 32.2. The first-order valence-electron chi connectivity index (χ1n) is 8.01. The molecule has 0 fully saturated rings. The Morgan fingerprint density at radius 1 is 1.23 bits per heavy atom. The van der Waals surface area contributed by atoms with Gasteiger partial charge in [0.15, 0.2) is 15.9 Å². The predicted octanol–water partition coefficient (Wildman–Crippen LogP) is 1.59. The second kappa shape index (κ2) is 6.60. The number of rotatable bonds is 4. The Morgan fingerprint density at radius 2 is 2.12 bits per heavy atom. The highest BCUT2D eigenvalue weighted by Crippen LogP contribution is 2.22. The van der Waals surface area contributed by atoms with Gasteiger partial charge < -0.3 is 8.97 Å². The Kier molecular flexibility index (Phi) is 4.27. The van der Waals surface area contributed by atoms with Crippen LogP contribution in [0, 0.1) is 0 Å². The number of pyridine rings is 1. The third kappa shape index (κ3) is 3.50. The van der Waals surface area contributed by atoms with Crippen LogP contribution in [-0.4, -0.2) is 39.4 Å². The molecule has 3 aromatic rings. The van der Waals surface area contributed by atoms with Crippen molar-refractivity contribution in [1.29, 1.82) is 0 Å². The fraction of sp³-hybridized carbons (Fsp3) is 0.235. The van der Waals surface area contributed by atoms with Crippen molar-refractivity contribution in [3.05, 3.63) is 59.9 Å². The van der Waals surface area contributed by atoms with Gasteiger partial charge in [0.2, 0.25) is 5.09 Å². The van der Waals surface area contributed by atoms with E-state index in [1.54, 1.807) is 12.4 Å². The number of aromatic nitrogens is 3. The molecule has 0 spiro atoms. The molecule has 0 saturated carbocycles. The molecule has 1 aliphatic heterocycles. The first-order valence-corrected chi connectivity index (χ1v) is 9.42. The molecule has 0 N–H and O–H groups in total. The molecule has 0 unspecified atom stereocenters. The van der Waals surface area contributed by atoms with Gasteiger partial charge in [-0.1, -0.05) is 0 Å². The summed E-state index contributed by atoms with van der Waals surface area (Å²) in [6.07, 6.45) is 6.00. The number of nitrogens with zero attached hydrogens (tertiary/aromatic N) is 4. The average molecular weight is 371 g/mol. The molecule has 26 heavy (non-hydrogen) atoms. The molecule has 9 heteroatoms. The smallest absolute Gasteiger partial charge is 0.205 e. The average Bonchev–Trinajstić information content (AvgIpc) is 3.11. The van der Waals surface area contributed by atoms with E-state index < -0.39 is 15.2 Å². The molecule has 0 radical (unpaired) electrons. The topological polar surface area (TPSA) is 112 Å². The minimum atomic E-state index is -4.56. The number of hydrogen-bond acceptors (Lipinski definition) is 8. The Bertz CT molecular complexity index is 1030. The molecule has 0 aliphatic carbocycles. The lowest BCUT2D eigenvalue weighted by atomic mass is 10.1. The van der Waals surface area contributed by atoms with Gasteiger partial charge in [-0.15, -0.1) is 0 Å². The molecule has 0 saturated heterocycles. The fourth-order valence-corrected chi connectivity index (χ4v) is 3.39. The Hall–Kier alpha value is -2.62. The summed E-state index contributed by atoms with van der Waals surface area (Å²) in [5.41, 5.74) is 2.89. The van der Waals surface area contributed by atoms with Crippen LogP contribution in [0.4, 0.5) is 0 Å². The first kappa shape index (κ1) is 16.8. The second-order valence-electron chi connectivity index (χ2n) is 6.04. The molecule has 3 aromatic heterocycles. The Labute approximate surface area is 150 Å². The molecule has 4 heterocycles. The van der Waals surface area contributed by atoms with Gasteiger partial charge in [0.1, 0.15) is 5.76 Å². The molecule has 0 atom stereocenters. The van der Waals surface area contributed by atoms with Gasteiger partial charge in [-0.3, -0.25) is 9.88 Å². The standard InChI is InChI=1S/C17H16N4O4S/c22-26(23,24)16-4-3-14(25-16)11-21-7-5-15-13(10-21)9-19-17(20-15)12-2-1-6-18-8-12/h1-4,6,8-9H,5,7,10-11H2,(H,22,23,24)/p-1. The van der Waals surface area contributed by atoms with Gasteiger partial charge in [0.25, 0.3) is 0 Å². The number of furan rings is 1. The van der Waals surface area contributed by atoms with Crippen molar-refractivity contribution in [3.63, 3.8) is 0 Å². The summed E-state index contributed by atoms with van der Waals surface area (Å²) >= 11 is 0. The van der Waals surface area contributed by atoms with Gasteiger partial charge in [-0.25, -0.2) is 18.4 Å². The SMILES string of the molecule is O=S(=O)([O-])c1ccc(CN2CCc3nc(-c4cccnc4)ncc3C2)o1. The van der Waals surface area contributed by atoms with Crippen molar-refractivity contribution in [3.8, 4) is 11.4 Å². The van der Waals surface area contributed by atoms with Crippen molar-refractivity contribution in [2.24, 2.45) is 0 Å². The molecule has 8 nitrogen and oxygen atoms in total. The van der Waals surface area contributed by atoms with Crippen LogP contribution < -0.4 is 0 Å². The van der Waals surface area contributed by atoms with Crippen LogP contribution in [0.2, 0.25) is 0 Å². The maximum atomic E-state index is 11.0. The normalized spacial score (nSPS) is 15.0. The zero-order valence-electron chi connectivity index (χ0n) is 13.7. The lowest BCUT2D eigenvalue weighted by Gasteiger charge is -2.27. The van der Waals surface area contributed by atoms with E-state index in [1.165, 1.54) is 12.1 Å². The minimum Gasteiger partial charge on any atom is -0.742 e. The third-order valence-electron chi connectivity index (χ3n) is 4.20. The monoisotopic (exact) mass is 371 g/mol. The minimum absolute atomic E-state index is 0.416. The van der Waals surface area contributed by atoms with Crippen molar-refractivity contribution >= 4 is 10.1 Å². The maximum absolute atomic E-state index is 11.0. The van der Waals surface area contributed by atoms with Gasteiger partial charge in [0.05, 0.1) is 12.2 Å². The van der Waals surface area contributed by atoms with E-state index in [0.717, 1.165) is 29.8 Å². The highest BCUT2D eigenvalue weighted by molar-refractivity contribution is 7.85. The van der Waals surface area contributed by atoms with E-state index >= 15 is 0 Å². The van der Waals surface area contributed by atoms with Crippen LogP contribution in [0.3, 0.4) is 0 Å². The van der Waals surface area contributed by atoms with E-state index in [9.17, 15) is 13.0 Å². The lowest BCUT2D eigenvalue weighted by Crippen LogP contribution is -2.30. The summed E-state index contributed by atoms with van der Waals surface area (Å²) in [5, 5.41) is -0.547. The molecular formula is C17H15N4O4S-. The van der Waals surface area contributed by atoms with Crippen molar-refractivity contribution in [1.82, 2.24) is 19.9 Å². The highest BCUT2D eigenvalue weighted by Gasteiger charge is 2.20. The summed E-state index contributed by atoms with van der Waals surface area (Å²) < 4.78 is 38.0. The number of fused-ring (bicyclic) bond motifs is 1. The summed E-state index contributed by atoms with van der Waals surface area (Å²) in [5.74, 6) is 1.09. The molecule has 134 valence electrons. The Balaban J connectivity index is 1.49. The van der Waals surface area contributed by atoms with E-state index in [-0.39, 0.29) is 0 Å². The molecule has 1 aliphatic rings. The van der Waals surface area contributed by atoms with Crippen molar-refractivity contribution < 1.29 is 17.4 Å². The molecule has 0 amide bonds. The third-order valence-corrected chi connectivity index (χ3v) is 4.91. The van der Waals surface area contributed by atoms with Crippen LogP contribution in [0.1, 0.15) is 17.0 Å². The second-order valence-corrected chi connectivity index (χ2v) is 7.35. The Morgan fingerprint density at radius 3 is 2.85 bits per heavy atom. The van der Waals surface area contributed by atoms with Crippen LogP contribution >= 0.6 is 0 Å². The van der Waals surface area contributed by atoms with Crippen LogP contribution in [0.25, 0.3) is 11.4 Å². The summed E-state index contributed by atoms with van der Waals surface area (Å²) in [4.78, 5) is 15.2. The van der Waals surface area contributed by atoms with Gasteiger partial charge >= 0.3 is 0 Å². The predicted molar refractivity (Wildman–Crippen MR) is 89.8 cm³/mol. The summed E-state index contributed by atoms with van der Waals surface area (Å²) in [7, 11) is -4.56. The first-order chi connectivity index (χ1) is 12.5. The molecule has 4 rings (SSSR count). The van der Waals surface area contributed by atoms with Gasteiger partial charge in [0, 0.05) is 49.2 Å². The van der Waals surface area contributed by atoms with E-state index in [0.29, 0.717) is 24.7 Å². The van der Waals surface area contributed by atoms with Gasteiger partial charge in [-0.05, 0) is 24.3 Å². The van der Waals surface area contributed by atoms with Crippen molar-refractivity contribution in [2.45, 2.75) is 24.6 Å². The van der Waals surface area contributed by atoms with E-state index in [1.807, 2.05) is 18.3 Å². The lowest BCUT2D eigenvalue weighted by molar-refractivity contribution is 0.216. The molecule has 0 bridgehead atoms. The van der Waals surface area contributed by atoms with Crippen molar-refractivity contribution in [2.75, 3.05) is 6.54 Å². The summed E-state index contributed by atoms with van der Waals surface area (Å²) in [6, 6.07) is 6.48. The zero-order chi connectivity index (χ0) is 18.1. The van der Waals surface area contributed by atoms with Gasteiger partial charge in [-0.2, -0.15) is 0 Å². The van der Waals surface area contributed by atoms with E-state index in [4.69, 9.17) is 4.42 Å². The van der Waals surface area contributed by atoms with Crippen LogP contribution in [0.5, 0.6) is 0 Å². The quantitative estimate of drug-likeness (QED) is 0.636. The van der Waals surface area contributed by atoms with E-state index in [2.05, 4.69) is 19.9 Å². The number of hydrogen-bond donors (Lipinski definition) is 0. The zero-order valence-corrected chi connectivity index (χ0v) is 14.5. The maximum Gasteiger partial charge on any atom is 0.205 e. The fourth-order valence-electron chi connectivity index (χ4n) is 2.94. The largest absolute Gasteiger partial charge is 0.742 e.